The fraction of sp³-hybridized carbons (Fsp3) is 0.556. The number of piperidine rings is 1. The zero-order valence-electron chi connectivity index (χ0n) is 13.6. The second-order valence-electron chi connectivity index (χ2n) is 6.19. The molecule has 1 amide bonds. The summed E-state index contributed by atoms with van der Waals surface area (Å²) in [6, 6.07) is 9.95. The van der Waals surface area contributed by atoms with Crippen LogP contribution in [0.3, 0.4) is 0 Å². The zero-order valence-corrected chi connectivity index (χ0v) is 13.6. The number of hydrogen-bond acceptors (Lipinski definition) is 3. The molecule has 2 rings (SSSR count). The molecule has 0 aliphatic carbocycles. The molecule has 1 aliphatic heterocycles. The average Bonchev–Trinajstić information content (AvgIpc) is 2.55. The Morgan fingerprint density at radius 1 is 1.30 bits per heavy atom. The van der Waals surface area contributed by atoms with E-state index in [4.69, 9.17) is 9.84 Å². The molecule has 23 heavy (non-hydrogen) atoms. The number of benzene rings is 1. The summed E-state index contributed by atoms with van der Waals surface area (Å²) in [5.41, 5.74) is 1.13. The monoisotopic (exact) mass is 319 g/mol. The average molecular weight is 319 g/mol. The SMILES string of the molecule is CC1CN(C(=O)CCCOCc2ccccc2)CCC1C(=O)O. The van der Waals surface area contributed by atoms with Gasteiger partial charge < -0.3 is 14.7 Å². The number of aliphatic carboxylic acids is 1. The number of rotatable bonds is 7. The second-order valence-corrected chi connectivity index (χ2v) is 6.19. The van der Waals surface area contributed by atoms with Crippen LogP contribution in [0.15, 0.2) is 30.3 Å². The van der Waals surface area contributed by atoms with Crippen molar-refractivity contribution in [1.82, 2.24) is 4.90 Å². The van der Waals surface area contributed by atoms with Gasteiger partial charge in [-0.25, -0.2) is 0 Å². The van der Waals surface area contributed by atoms with Crippen molar-refractivity contribution in [3.8, 4) is 0 Å². The molecule has 0 saturated carbocycles. The Bertz CT molecular complexity index is 517. The van der Waals surface area contributed by atoms with Gasteiger partial charge in [0.1, 0.15) is 0 Å². The van der Waals surface area contributed by atoms with Crippen molar-refractivity contribution in [3.05, 3.63) is 35.9 Å². The van der Waals surface area contributed by atoms with Crippen LogP contribution in [-0.2, 0) is 20.9 Å². The van der Waals surface area contributed by atoms with Crippen LogP contribution < -0.4 is 0 Å². The van der Waals surface area contributed by atoms with Crippen molar-refractivity contribution in [1.29, 1.82) is 0 Å². The third kappa shape index (κ3) is 5.36. The predicted octanol–water partition coefficient (Wildman–Crippen LogP) is 2.55. The normalized spacial score (nSPS) is 21.2. The number of likely N-dealkylation sites (tertiary alicyclic amines) is 1. The number of carbonyl (C=O) groups is 2. The van der Waals surface area contributed by atoms with Gasteiger partial charge >= 0.3 is 5.97 Å². The van der Waals surface area contributed by atoms with Crippen molar-refractivity contribution in [2.75, 3.05) is 19.7 Å². The van der Waals surface area contributed by atoms with E-state index in [1.807, 2.05) is 37.3 Å². The van der Waals surface area contributed by atoms with Crippen LogP contribution in [0.5, 0.6) is 0 Å². The van der Waals surface area contributed by atoms with Gasteiger partial charge in [0.15, 0.2) is 0 Å². The van der Waals surface area contributed by atoms with E-state index in [1.165, 1.54) is 0 Å². The molecule has 1 heterocycles. The minimum atomic E-state index is -0.751. The van der Waals surface area contributed by atoms with Crippen LogP contribution in [0.4, 0.5) is 0 Å². The fourth-order valence-electron chi connectivity index (χ4n) is 2.99. The Morgan fingerprint density at radius 3 is 2.70 bits per heavy atom. The second kappa shape index (κ2) is 8.67. The lowest BCUT2D eigenvalue weighted by Crippen LogP contribution is -2.44. The lowest BCUT2D eigenvalue weighted by molar-refractivity contribution is -0.148. The van der Waals surface area contributed by atoms with Gasteiger partial charge in [-0.3, -0.25) is 9.59 Å². The van der Waals surface area contributed by atoms with E-state index in [9.17, 15) is 9.59 Å². The third-order valence-corrected chi connectivity index (χ3v) is 4.37. The van der Waals surface area contributed by atoms with Crippen LogP contribution in [0, 0.1) is 11.8 Å². The summed E-state index contributed by atoms with van der Waals surface area (Å²) in [5, 5.41) is 9.11. The lowest BCUT2D eigenvalue weighted by atomic mass is 9.87. The summed E-state index contributed by atoms with van der Waals surface area (Å²) >= 11 is 0. The number of carboxylic acid groups (broad SMARTS) is 1. The number of amides is 1. The van der Waals surface area contributed by atoms with E-state index in [2.05, 4.69) is 0 Å². The Labute approximate surface area is 137 Å². The summed E-state index contributed by atoms with van der Waals surface area (Å²) in [6.07, 6.45) is 1.70. The molecule has 1 aliphatic rings. The third-order valence-electron chi connectivity index (χ3n) is 4.37. The van der Waals surface area contributed by atoms with Crippen LogP contribution >= 0.6 is 0 Å². The van der Waals surface area contributed by atoms with Gasteiger partial charge in [-0.1, -0.05) is 37.3 Å². The van der Waals surface area contributed by atoms with Crippen LogP contribution in [0.2, 0.25) is 0 Å². The summed E-state index contributed by atoms with van der Waals surface area (Å²) in [7, 11) is 0. The summed E-state index contributed by atoms with van der Waals surface area (Å²) in [6.45, 7) is 4.12. The van der Waals surface area contributed by atoms with E-state index in [0.717, 1.165) is 5.56 Å². The molecule has 126 valence electrons. The van der Waals surface area contributed by atoms with Crippen LogP contribution in [0.1, 0.15) is 31.7 Å². The first-order chi connectivity index (χ1) is 11.1. The van der Waals surface area contributed by atoms with E-state index in [1.54, 1.807) is 4.90 Å². The molecule has 1 saturated heterocycles. The predicted molar refractivity (Wildman–Crippen MR) is 86.8 cm³/mol. The molecule has 1 fully saturated rings. The van der Waals surface area contributed by atoms with Crippen molar-refractivity contribution >= 4 is 11.9 Å². The smallest absolute Gasteiger partial charge is 0.306 e. The van der Waals surface area contributed by atoms with Crippen molar-refractivity contribution < 1.29 is 19.4 Å². The summed E-state index contributed by atoms with van der Waals surface area (Å²) < 4.78 is 5.58. The molecule has 0 radical (unpaired) electrons. The first-order valence-corrected chi connectivity index (χ1v) is 8.20. The van der Waals surface area contributed by atoms with Crippen molar-refractivity contribution in [2.24, 2.45) is 11.8 Å². The zero-order chi connectivity index (χ0) is 16.7. The van der Waals surface area contributed by atoms with E-state index < -0.39 is 5.97 Å². The summed E-state index contributed by atoms with van der Waals surface area (Å²) in [5.74, 6) is -0.962. The minimum Gasteiger partial charge on any atom is -0.481 e. The highest BCUT2D eigenvalue weighted by atomic mass is 16.5. The number of nitrogens with zero attached hydrogens (tertiary/aromatic N) is 1. The van der Waals surface area contributed by atoms with Crippen LogP contribution in [-0.4, -0.2) is 41.6 Å². The lowest BCUT2D eigenvalue weighted by Gasteiger charge is -2.35. The Morgan fingerprint density at radius 2 is 2.04 bits per heavy atom. The molecule has 1 aromatic carbocycles. The van der Waals surface area contributed by atoms with Crippen molar-refractivity contribution in [2.45, 2.75) is 32.8 Å². The highest BCUT2D eigenvalue weighted by Gasteiger charge is 2.32. The minimum absolute atomic E-state index is 0.0135. The summed E-state index contributed by atoms with van der Waals surface area (Å²) in [4.78, 5) is 25.1. The molecule has 5 nitrogen and oxygen atoms in total. The Hall–Kier alpha value is -1.88. The highest BCUT2D eigenvalue weighted by molar-refractivity contribution is 5.77. The maximum Gasteiger partial charge on any atom is 0.306 e. The Balaban J connectivity index is 1.63. The van der Waals surface area contributed by atoms with Gasteiger partial charge in [0.05, 0.1) is 12.5 Å². The molecule has 0 aromatic heterocycles. The van der Waals surface area contributed by atoms with Gasteiger partial charge in [-0.05, 0) is 24.3 Å². The highest BCUT2D eigenvalue weighted by Crippen LogP contribution is 2.24. The standard InChI is InChI=1S/C18H25NO4/c1-14-12-19(10-9-16(14)18(21)22)17(20)8-5-11-23-13-15-6-3-2-4-7-15/h2-4,6-7,14,16H,5,8-13H2,1H3,(H,21,22). The molecule has 2 atom stereocenters. The molecule has 0 spiro atoms. The molecule has 2 unspecified atom stereocenters. The van der Waals surface area contributed by atoms with Gasteiger partial charge in [-0.2, -0.15) is 0 Å². The first-order valence-electron chi connectivity index (χ1n) is 8.20. The molecule has 5 heteroatoms. The molecule has 1 aromatic rings. The van der Waals surface area contributed by atoms with Gasteiger partial charge in [0, 0.05) is 26.1 Å². The fourth-order valence-corrected chi connectivity index (χ4v) is 2.99. The van der Waals surface area contributed by atoms with Gasteiger partial charge in [-0.15, -0.1) is 0 Å². The molecule has 0 bridgehead atoms. The van der Waals surface area contributed by atoms with Crippen molar-refractivity contribution in [3.63, 3.8) is 0 Å². The number of carboxylic acids is 1. The maximum atomic E-state index is 12.2. The largest absolute Gasteiger partial charge is 0.481 e. The van der Waals surface area contributed by atoms with E-state index in [-0.39, 0.29) is 17.7 Å². The molecule has 1 N–H and O–H groups in total. The molecular weight excluding hydrogens is 294 g/mol. The first kappa shape index (κ1) is 17.5. The Kier molecular flexibility index (Phi) is 6.59. The van der Waals surface area contributed by atoms with Gasteiger partial charge in [0.25, 0.3) is 0 Å². The van der Waals surface area contributed by atoms with E-state index in [0.29, 0.717) is 45.6 Å². The number of carbonyl (C=O) groups excluding carboxylic acids is 1. The topological polar surface area (TPSA) is 66.8 Å². The van der Waals surface area contributed by atoms with Gasteiger partial charge in [0.2, 0.25) is 5.91 Å². The number of ether oxygens (including phenoxy) is 1. The van der Waals surface area contributed by atoms with E-state index >= 15 is 0 Å². The van der Waals surface area contributed by atoms with Crippen LogP contribution in [0.25, 0.3) is 0 Å². The molecular formula is C18H25NO4. The maximum absolute atomic E-state index is 12.2. The quantitative estimate of drug-likeness (QED) is 0.784. The number of hydrogen-bond donors (Lipinski definition) is 1.